The van der Waals surface area contributed by atoms with Crippen LogP contribution in [0.25, 0.3) is 11.2 Å². The van der Waals surface area contributed by atoms with Crippen LogP contribution in [-0.2, 0) is 24.9 Å². The highest BCUT2D eigenvalue weighted by atomic mass is 19.1. The predicted octanol–water partition coefficient (Wildman–Crippen LogP) is 1.95. The maximum atomic E-state index is 15.7. The third-order valence-electron chi connectivity index (χ3n) is 7.30. The Morgan fingerprint density at radius 3 is 2.56 bits per heavy atom. The number of fused-ring (bicyclic) bond motifs is 1. The average molecular weight is 471 g/mol. The average Bonchev–Trinajstić information content (AvgIpc) is 3.42. The molecule has 2 fully saturated rings. The molecule has 5 rings (SSSR count). The molecule has 3 aromatic rings. The normalized spacial score (nSPS) is 19.7. The van der Waals surface area contributed by atoms with Crippen LogP contribution in [0.3, 0.4) is 0 Å². The quantitative estimate of drug-likeness (QED) is 0.612. The van der Waals surface area contributed by atoms with Gasteiger partial charge in [-0.25, -0.2) is 14.2 Å². The SMILES string of the molecule is Cn1c(=O)n(C2CCN(C(=O)C3(F)CCN(Cc4ccc(CN)o4)CC3)CC2)c2ncccc21. The number of hydrogen-bond acceptors (Lipinski definition) is 6. The van der Waals surface area contributed by atoms with Crippen LogP contribution in [0.4, 0.5) is 4.39 Å². The van der Waals surface area contributed by atoms with Gasteiger partial charge < -0.3 is 15.1 Å². The van der Waals surface area contributed by atoms with Crippen molar-refractivity contribution in [2.45, 2.75) is 50.5 Å². The zero-order chi connectivity index (χ0) is 23.9. The molecule has 2 aliphatic rings. The lowest BCUT2D eigenvalue weighted by atomic mass is 9.90. The van der Waals surface area contributed by atoms with Crippen molar-refractivity contribution in [2.24, 2.45) is 12.8 Å². The highest BCUT2D eigenvalue weighted by Gasteiger charge is 2.45. The van der Waals surface area contributed by atoms with Gasteiger partial charge in [-0.2, -0.15) is 0 Å². The molecule has 0 aliphatic carbocycles. The Kier molecular flexibility index (Phi) is 6.03. The third-order valence-corrected chi connectivity index (χ3v) is 7.30. The van der Waals surface area contributed by atoms with E-state index in [0.29, 0.717) is 57.8 Å². The number of aromatic nitrogens is 3. The molecule has 9 nitrogen and oxygen atoms in total. The van der Waals surface area contributed by atoms with Crippen molar-refractivity contribution >= 4 is 17.1 Å². The molecular weight excluding hydrogens is 439 g/mol. The molecule has 0 unspecified atom stereocenters. The topological polar surface area (TPSA) is 103 Å². The van der Waals surface area contributed by atoms with Crippen LogP contribution in [0.1, 0.15) is 43.2 Å². The van der Waals surface area contributed by atoms with E-state index in [9.17, 15) is 9.59 Å². The van der Waals surface area contributed by atoms with Gasteiger partial charge in [-0.15, -0.1) is 0 Å². The number of imidazole rings is 1. The van der Waals surface area contributed by atoms with E-state index in [1.807, 2.05) is 24.3 Å². The summed E-state index contributed by atoms with van der Waals surface area (Å²) >= 11 is 0. The van der Waals surface area contributed by atoms with E-state index in [0.717, 1.165) is 17.0 Å². The van der Waals surface area contributed by atoms with Crippen molar-refractivity contribution in [1.29, 1.82) is 0 Å². The summed E-state index contributed by atoms with van der Waals surface area (Å²) in [5, 5.41) is 0. The molecule has 182 valence electrons. The second-order valence-electron chi connectivity index (χ2n) is 9.39. The summed E-state index contributed by atoms with van der Waals surface area (Å²) in [6, 6.07) is 7.38. The summed E-state index contributed by atoms with van der Waals surface area (Å²) in [7, 11) is 1.74. The van der Waals surface area contributed by atoms with Crippen LogP contribution in [-0.4, -0.2) is 61.7 Å². The number of pyridine rings is 1. The molecule has 5 heterocycles. The molecule has 1 amide bonds. The van der Waals surface area contributed by atoms with E-state index in [2.05, 4.69) is 9.88 Å². The number of furan rings is 1. The molecule has 34 heavy (non-hydrogen) atoms. The van der Waals surface area contributed by atoms with E-state index in [1.165, 1.54) is 0 Å². The van der Waals surface area contributed by atoms with Crippen molar-refractivity contribution in [3.63, 3.8) is 0 Å². The summed E-state index contributed by atoms with van der Waals surface area (Å²) < 4.78 is 24.7. The summed E-state index contributed by atoms with van der Waals surface area (Å²) in [4.78, 5) is 34.1. The summed E-state index contributed by atoms with van der Waals surface area (Å²) in [5.74, 6) is 1.11. The fourth-order valence-corrected chi connectivity index (χ4v) is 5.25. The molecule has 0 saturated carbocycles. The fourth-order valence-electron chi connectivity index (χ4n) is 5.25. The Morgan fingerprint density at radius 2 is 1.88 bits per heavy atom. The lowest BCUT2D eigenvalue weighted by Gasteiger charge is -2.40. The molecular formula is C24H31FN6O3. The van der Waals surface area contributed by atoms with E-state index < -0.39 is 11.6 Å². The van der Waals surface area contributed by atoms with Gasteiger partial charge in [-0.1, -0.05) is 0 Å². The number of carbonyl (C=O) groups is 1. The Balaban J connectivity index is 1.19. The molecule has 0 aromatic carbocycles. The number of piperidine rings is 2. The van der Waals surface area contributed by atoms with Crippen molar-refractivity contribution in [2.75, 3.05) is 26.2 Å². The van der Waals surface area contributed by atoms with E-state index in [1.54, 1.807) is 27.3 Å². The van der Waals surface area contributed by atoms with Gasteiger partial charge in [-0.05, 0) is 37.1 Å². The van der Waals surface area contributed by atoms with Gasteiger partial charge >= 0.3 is 5.69 Å². The maximum absolute atomic E-state index is 15.7. The molecule has 10 heteroatoms. The van der Waals surface area contributed by atoms with Crippen LogP contribution >= 0.6 is 0 Å². The van der Waals surface area contributed by atoms with Gasteiger partial charge in [0.1, 0.15) is 11.5 Å². The second kappa shape index (κ2) is 8.99. The Hall–Kier alpha value is -2.98. The lowest BCUT2D eigenvalue weighted by molar-refractivity contribution is -0.149. The largest absolute Gasteiger partial charge is 0.463 e. The zero-order valence-corrected chi connectivity index (χ0v) is 19.5. The van der Waals surface area contributed by atoms with Crippen LogP contribution in [0.2, 0.25) is 0 Å². The van der Waals surface area contributed by atoms with Gasteiger partial charge in [0.15, 0.2) is 11.3 Å². The highest BCUT2D eigenvalue weighted by Crippen LogP contribution is 2.32. The predicted molar refractivity (Wildman–Crippen MR) is 125 cm³/mol. The number of carbonyl (C=O) groups excluding carboxylic acids is 1. The number of halogens is 1. The van der Waals surface area contributed by atoms with Crippen LogP contribution in [0, 0.1) is 0 Å². The van der Waals surface area contributed by atoms with Crippen molar-refractivity contribution in [3.05, 3.63) is 52.5 Å². The number of alkyl halides is 1. The first-order valence-corrected chi connectivity index (χ1v) is 11.9. The van der Waals surface area contributed by atoms with Crippen LogP contribution < -0.4 is 11.4 Å². The molecule has 0 bridgehead atoms. The van der Waals surface area contributed by atoms with Gasteiger partial charge in [0.05, 0.1) is 18.6 Å². The molecule has 0 atom stereocenters. The van der Waals surface area contributed by atoms with Crippen molar-refractivity contribution in [1.82, 2.24) is 23.9 Å². The van der Waals surface area contributed by atoms with Crippen LogP contribution in [0.5, 0.6) is 0 Å². The first-order chi connectivity index (χ1) is 16.4. The molecule has 2 N–H and O–H groups in total. The number of amides is 1. The summed E-state index contributed by atoms with van der Waals surface area (Å²) in [5.41, 5.74) is 5.08. The lowest BCUT2D eigenvalue weighted by Crippen LogP contribution is -2.54. The minimum Gasteiger partial charge on any atom is -0.463 e. The number of nitrogens with zero attached hydrogens (tertiary/aromatic N) is 5. The molecule has 3 aromatic heterocycles. The van der Waals surface area contributed by atoms with E-state index >= 15 is 4.39 Å². The highest BCUT2D eigenvalue weighted by molar-refractivity contribution is 5.85. The van der Waals surface area contributed by atoms with E-state index in [4.69, 9.17) is 10.2 Å². The number of aryl methyl sites for hydroxylation is 1. The molecule has 0 radical (unpaired) electrons. The van der Waals surface area contributed by atoms with Gasteiger partial charge in [0.25, 0.3) is 5.91 Å². The summed E-state index contributed by atoms with van der Waals surface area (Å²) in [6.45, 7) is 2.79. The maximum Gasteiger partial charge on any atom is 0.330 e. The number of nitrogens with two attached hydrogens (primary N) is 1. The summed E-state index contributed by atoms with van der Waals surface area (Å²) in [6.07, 6.45) is 3.22. The van der Waals surface area contributed by atoms with Crippen molar-refractivity contribution in [3.8, 4) is 0 Å². The van der Waals surface area contributed by atoms with Gasteiger partial charge in [0.2, 0.25) is 0 Å². The monoisotopic (exact) mass is 470 g/mol. The first kappa shape index (κ1) is 22.8. The molecule has 0 spiro atoms. The zero-order valence-electron chi connectivity index (χ0n) is 19.5. The van der Waals surface area contributed by atoms with Gasteiger partial charge in [-0.3, -0.25) is 18.8 Å². The fraction of sp³-hybridized carbons (Fsp3) is 0.542. The first-order valence-electron chi connectivity index (χ1n) is 11.9. The van der Waals surface area contributed by atoms with E-state index in [-0.39, 0.29) is 24.6 Å². The van der Waals surface area contributed by atoms with Gasteiger partial charge in [0, 0.05) is 58.3 Å². The number of hydrogen-bond donors (Lipinski definition) is 1. The van der Waals surface area contributed by atoms with Crippen molar-refractivity contribution < 1.29 is 13.6 Å². The molecule has 2 saturated heterocycles. The number of rotatable bonds is 5. The standard InChI is InChI=1S/C24H31FN6O3/c1-28-20-3-2-10-27-21(20)31(23(28)33)17-6-11-30(12-7-17)22(32)24(25)8-13-29(14-9-24)16-19-5-4-18(15-26)34-19/h2-5,10,17H,6-9,11-16,26H2,1H3. The number of likely N-dealkylation sites (tertiary alicyclic amines) is 2. The van der Waals surface area contributed by atoms with Crippen LogP contribution in [0.15, 0.2) is 39.7 Å². The third kappa shape index (κ3) is 4.05. The minimum atomic E-state index is -1.84. The Labute approximate surface area is 196 Å². The second-order valence-corrected chi connectivity index (χ2v) is 9.39. The minimum absolute atomic E-state index is 0.0562. The Morgan fingerprint density at radius 1 is 1.18 bits per heavy atom. The molecule has 2 aliphatic heterocycles. The Bertz CT molecular complexity index is 1230. The smallest absolute Gasteiger partial charge is 0.330 e.